The van der Waals surface area contributed by atoms with E-state index in [1.165, 1.54) is 17.0 Å². The monoisotopic (exact) mass is 641 g/mol. The Kier molecular flexibility index (Phi) is 10.1. The number of carbonyl (C=O) groups is 2. The van der Waals surface area contributed by atoms with Crippen LogP contribution in [0.1, 0.15) is 43.7 Å². The zero-order chi connectivity index (χ0) is 29.6. The van der Waals surface area contributed by atoms with E-state index in [0.717, 1.165) is 41.1 Å². The Hall–Kier alpha value is -3.37. The Bertz CT molecular complexity index is 1470. The number of hydrogen-bond donors (Lipinski definition) is 1. The first-order valence-corrected chi connectivity index (χ1v) is 15.9. The summed E-state index contributed by atoms with van der Waals surface area (Å²) in [7, 11) is -2.56. The number of rotatable bonds is 11. The van der Waals surface area contributed by atoms with Gasteiger partial charge in [-0.1, -0.05) is 64.7 Å². The number of halogens is 1. The van der Waals surface area contributed by atoms with E-state index >= 15 is 0 Å². The Morgan fingerprint density at radius 2 is 1.71 bits per heavy atom. The Morgan fingerprint density at radius 1 is 1.02 bits per heavy atom. The molecule has 0 aromatic heterocycles. The van der Waals surface area contributed by atoms with E-state index in [4.69, 9.17) is 4.74 Å². The number of hydrogen-bond acceptors (Lipinski definition) is 5. The molecular weight excluding hydrogens is 606 g/mol. The van der Waals surface area contributed by atoms with Crippen molar-refractivity contribution < 1.29 is 22.7 Å². The van der Waals surface area contributed by atoms with Gasteiger partial charge in [-0.2, -0.15) is 0 Å². The molecule has 1 saturated carbocycles. The fourth-order valence-electron chi connectivity index (χ4n) is 4.94. The molecule has 1 atom stereocenters. The summed E-state index contributed by atoms with van der Waals surface area (Å²) >= 11 is 3.42. The minimum atomic E-state index is -4.12. The molecule has 0 spiro atoms. The molecule has 0 unspecified atom stereocenters. The zero-order valence-electron chi connectivity index (χ0n) is 23.5. The fraction of sp³-hybridized carbons (Fsp3) is 0.355. The second-order valence-corrected chi connectivity index (χ2v) is 13.1. The highest BCUT2D eigenvalue weighted by Crippen LogP contribution is 2.27. The van der Waals surface area contributed by atoms with E-state index in [2.05, 4.69) is 21.2 Å². The van der Waals surface area contributed by atoms with Crippen molar-refractivity contribution in [3.63, 3.8) is 0 Å². The number of nitrogens with one attached hydrogen (secondary N) is 1. The number of amides is 2. The lowest BCUT2D eigenvalue weighted by molar-refractivity contribution is -0.139. The van der Waals surface area contributed by atoms with Crippen LogP contribution in [-0.4, -0.2) is 50.9 Å². The summed E-state index contributed by atoms with van der Waals surface area (Å²) in [6.45, 7) is 3.17. The molecule has 2 amide bonds. The molecule has 3 aromatic rings. The summed E-state index contributed by atoms with van der Waals surface area (Å²) in [4.78, 5) is 28.9. The van der Waals surface area contributed by atoms with E-state index in [9.17, 15) is 18.0 Å². The van der Waals surface area contributed by atoms with Crippen LogP contribution in [0.25, 0.3) is 0 Å². The molecule has 41 heavy (non-hydrogen) atoms. The van der Waals surface area contributed by atoms with Crippen molar-refractivity contribution in [2.45, 2.75) is 63.1 Å². The van der Waals surface area contributed by atoms with Crippen molar-refractivity contribution >= 4 is 43.5 Å². The first kappa shape index (κ1) is 30.6. The van der Waals surface area contributed by atoms with Crippen LogP contribution in [-0.2, 0) is 26.2 Å². The Morgan fingerprint density at radius 3 is 2.37 bits per heavy atom. The largest absolute Gasteiger partial charge is 0.497 e. The predicted molar refractivity (Wildman–Crippen MR) is 163 cm³/mol. The van der Waals surface area contributed by atoms with Crippen molar-refractivity contribution in [1.82, 2.24) is 10.2 Å². The number of sulfonamides is 1. The van der Waals surface area contributed by atoms with Crippen LogP contribution in [0.15, 0.2) is 82.2 Å². The molecule has 4 rings (SSSR count). The summed E-state index contributed by atoms with van der Waals surface area (Å²) in [6.07, 6.45) is 3.94. The summed E-state index contributed by atoms with van der Waals surface area (Å²) < 4.78 is 35.0. The molecule has 1 aliphatic rings. The third-order valence-corrected chi connectivity index (χ3v) is 9.62. The Balaban J connectivity index is 1.69. The van der Waals surface area contributed by atoms with Crippen LogP contribution in [0.4, 0.5) is 5.69 Å². The second-order valence-electron chi connectivity index (χ2n) is 10.3. The van der Waals surface area contributed by atoms with Crippen molar-refractivity contribution in [1.29, 1.82) is 0 Å². The number of carbonyl (C=O) groups excluding carboxylic acids is 2. The van der Waals surface area contributed by atoms with E-state index in [0.29, 0.717) is 15.9 Å². The molecule has 0 radical (unpaired) electrons. The van der Waals surface area contributed by atoms with Gasteiger partial charge in [-0.05, 0) is 74.7 Å². The van der Waals surface area contributed by atoms with Gasteiger partial charge in [0.05, 0.1) is 17.7 Å². The summed E-state index contributed by atoms with van der Waals surface area (Å²) in [5, 5.41) is 3.08. The van der Waals surface area contributed by atoms with Crippen LogP contribution < -0.4 is 14.4 Å². The highest BCUT2D eigenvalue weighted by molar-refractivity contribution is 9.10. The van der Waals surface area contributed by atoms with E-state index in [1.54, 1.807) is 62.6 Å². The van der Waals surface area contributed by atoms with Gasteiger partial charge in [0.2, 0.25) is 11.8 Å². The van der Waals surface area contributed by atoms with Crippen molar-refractivity contribution in [2.24, 2.45) is 0 Å². The van der Waals surface area contributed by atoms with E-state index in [1.807, 2.05) is 19.1 Å². The zero-order valence-corrected chi connectivity index (χ0v) is 25.9. The van der Waals surface area contributed by atoms with Crippen LogP contribution in [0.5, 0.6) is 5.75 Å². The first-order valence-electron chi connectivity index (χ1n) is 13.7. The number of benzene rings is 3. The molecule has 1 N–H and O–H groups in total. The van der Waals surface area contributed by atoms with Crippen LogP contribution >= 0.6 is 15.9 Å². The highest BCUT2D eigenvalue weighted by atomic mass is 79.9. The SMILES string of the molecule is COc1cccc(CN(C(=O)CN(c2cccc(Br)c2)S(=O)(=O)c2ccc(C)cc2)[C@H](C)C(=O)NC2CCCC2)c1. The second kappa shape index (κ2) is 13.5. The number of anilines is 1. The molecule has 0 aliphatic heterocycles. The fourth-order valence-corrected chi connectivity index (χ4v) is 6.73. The third-order valence-electron chi connectivity index (χ3n) is 7.34. The molecule has 1 fully saturated rings. The van der Waals surface area contributed by atoms with Gasteiger partial charge in [0, 0.05) is 17.1 Å². The molecule has 218 valence electrons. The summed E-state index contributed by atoms with van der Waals surface area (Å²) in [5.41, 5.74) is 2.01. The van der Waals surface area contributed by atoms with Gasteiger partial charge in [0.1, 0.15) is 18.3 Å². The van der Waals surface area contributed by atoms with E-state index in [-0.39, 0.29) is 23.4 Å². The van der Waals surface area contributed by atoms with Crippen LogP contribution in [0, 0.1) is 6.92 Å². The standard InChI is InChI=1S/C31H36BrN3O5S/c1-22-14-16-29(17-15-22)41(38,39)35(27-12-7-9-25(32)19-27)21-30(36)34(20-24-8-6-13-28(18-24)40-3)23(2)31(37)33-26-10-4-5-11-26/h6-9,12-19,23,26H,4-5,10-11,20-21H2,1-3H3,(H,33,37)/t23-/m1/s1. The summed E-state index contributed by atoms with van der Waals surface area (Å²) in [6, 6.07) is 19.8. The van der Waals surface area contributed by atoms with Gasteiger partial charge < -0.3 is 15.0 Å². The molecule has 3 aromatic carbocycles. The third kappa shape index (κ3) is 7.68. The van der Waals surface area contributed by atoms with Crippen LogP contribution in [0.2, 0.25) is 0 Å². The average Bonchev–Trinajstić information content (AvgIpc) is 3.47. The molecule has 0 bridgehead atoms. The van der Waals surface area contributed by atoms with Crippen LogP contribution in [0.3, 0.4) is 0 Å². The molecule has 1 aliphatic carbocycles. The number of ether oxygens (including phenoxy) is 1. The quantitative estimate of drug-likeness (QED) is 0.301. The van der Waals surface area contributed by atoms with Gasteiger partial charge in [0.25, 0.3) is 10.0 Å². The van der Waals surface area contributed by atoms with Gasteiger partial charge in [-0.25, -0.2) is 8.42 Å². The highest BCUT2D eigenvalue weighted by Gasteiger charge is 2.33. The minimum Gasteiger partial charge on any atom is -0.497 e. The molecule has 10 heteroatoms. The minimum absolute atomic E-state index is 0.0715. The topological polar surface area (TPSA) is 96.0 Å². The lowest BCUT2D eigenvalue weighted by atomic mass is 10.1. The Labute approximate surface area is 250 Å². The molecule has 8 nitrogen and oxygen atoms in total. The predicted octanol–water partition coefficient (Wildman–Crippen LogP) is 5.44. The lowest BCUT2D eigenvalue weighted by Gasteiger charge is -2.32. The molecule has 0 heterocycles. The van der Waals surface area contributed by atoms with Gasteiger partial charge in [-0.15, -0.1) is 0 Å². The molecular formula is C31H36BrN3O5S. The molecule has 0 saturated heterocycles. The smallest absolute Gasteiger partial charge is 0.264 e. The first-order chi connectivity index (χ1) is 19.6. The maximum Gasteiger partial charge on any atom is 0.264 e. The van der Waals surface area contributed by atoms with Crippen molar-refractivity contribution in [3.05, 3.63) is 88.4 Å². The summed E-state index contributed by atoms with van der Waals surface area (Å²) in [5.74, 6) is -0.142. The van der Waals surface area contributed by atoms with Gasteiger partial charge in [-0.3, -0.25) is 13.9 Å². The van der Waals surface area contributed by atoms with E-state index < -0.39 is 28.5 Å². The number of methoxy groups -OCH3 is 1. The lowest BCUT2D eigenvalue weighted by Crippen LogP contribution is -2.52. The van der Waals surface area contributed by atoms with Gasteiger partial charge >= 0.3 is 0 Å². The number of nitrogens with zero attached hydrogens (tertiary/aromatic N) is 2. The normalized spacial score (nSPS) is 14.3. The maximum atomic E-state index is 14.1. The average molecular weight is 643 g/mol. The van der Waals surface area contributed by atoms with Crippen molar-refractivity contribution in [2.75, 3.05) is 18.0 Å². The van der Waals surface area contributed by atoms with Gasteiger partial charge in [0.15, 0.2) is 0 Å². The number of aryl methyl sites for hydroxylation is 1. The van der Waals surface area contributed by atoms with Crippen molar-refractivity contribution in [3.8, 4) is 5.75 Å². The maximum absolute atomic E-state index is 14.1.